The summed E-state index contributed by atoms with van der Waals surface area (Å²) in [6, 6.07) is 6.62. The molecule has 3 atom stereocenters. The van der Waals surface area contributed by atoms with Crippen LogP contribution in [0.15, 0.2) is 18.2 Å². The number of hydrogen-bond acceptors (Lipinski definition) is 3. The number of likely N-dealkylation sites (N-methyl/N-ethyl adjacent to an activating group) is 1. The molecule has 1 N–H and O–H groups in total. The lowest BCUT2D eigenvalue weighted by atomic mass is 9.60. The molecule has 1 aromatic carbocycles. The maximum atomic E-state index is 10.8. The average Bonchev–Trinajstić information content (AvgIpc) is 2.43. The first-order valence-electron chi connectivity index (χ1n) is 7.18. The number of rotatable bonds is 2. The number of ether oxygens (including phenoxy) is 1. The fraction of sp³-hybridized carbons (Fsp3) is 0.625. The van der Waals surface area contributed by atoms with Gasteiger partial charge in [-0.3, -0.25) is 0 Å². The third-order valence-corrected chi connectivity index (χ3v) is 5.32. The first-order chi connectivity index (χ1) is 9.12. The zero-order chi connectivity index (χ0) is 13.6. The minimum atomic E-state index is -0.268. The van der Waals surface area contributed by atoms with E-state index in [2.05, 4.69) is 31.0 Å². The molecule has 0 radical (unpaired) electrons. The number of fused-ring (bicyclic) bond motifs is 4. The SMILES string of the molecule is CC[C@]12CCN(C)[C@@H](Cc3ccc(OC)cc31)[C@H]2O.Cl. The summed E-state index contributed by atoms with van der Waals surface area (Å²) in [5.41, 5.74) is 2.61. The van der Waals surface area contributed by atoms with Crippen molar-refractivity contribution in [2.24, 2.45) is 0 Å². The van der Waals surface area contributed by atoms with Gasteiger partial charge in [-0.1, -0.05) is 13.0 Å². The van der Waals surface area contributed by atoms with Crippen LogP contribution in [0.1, 0.15) is 30.9 Å². The number of halogens is 1. The number of piperidine rings is 1. The molecule has 0 unspecified atom stereocenters. The molecule has 0 aromatic heterocycles. The molecule has 1 aliphatic heterocycles. The Balaban J connectivity index is 0.00000147. The normalized spacial score (nSPS) is 32.2. The molecule has 1 aliphatic carbocycles. The number of methoxy groups -OCH3 is 1. The standard InChI is InChI=1S/C16H23NO2.ClH/c1-4-16-7-8-17(2)14(15(16)18)9-11-5-6-12(19-3)10-13(11)16;/h5-6,10,14-15,18H,4,7-9H2,1-3H3;1H/t14-,15+,16-;/m0./s1. The van der Waals surface area contributed by atoms with Gasteiger partial charge in [0.15, 0.2) is 0 Å². The molecule has 0 amide bonds. The maximum Gasteiger partial charge on any atom is 0.119 e. The van der Waals surface area contributed by atoms with E-state index in [1.165, 1.54) is 11.1 Å². The van der Waals surface area contributed by atoms with Crippen molar-refractivity contribution in [3.8, 4) is 5.75 Å². The zero-order valence-corrected chi connectivity index (χ0v) is 13.2. The van der Waals surface area contributed by atoms with Gasteiger partial charge in [-0.2, -0.15) is 0 Å². The molecule has 1 heterocycles. The highest BCUT2D eigenvalue weighted by molar-refractivity contribution is 5.85. The van der Waals surface area contributed by atoms with Gasteiger partial charge in [-0.05, 0) is 56.1 Å². The second-order valence-corrected chi connectivity index (χ2v) is 5.98. The van der Waals surface area contributed by atoms with E-state index in [0.29, 0.717) is 0 Å². The topological polar surface area (TPSA) is 32.7 Å². The predicted molar refractivity (Wildman–Crippen MR) is 83.0 cm³/mol. The Morgan fingerprint density at radius 2 is 2.20 bits per heavy atom. The van der Waals surface area contributed by atoms with Crippen molar-refractivity contribution in [3.05, 3.63) is 29.3 Å². The van der Waals surface area contributed by atoms with Gasteiger partial charge in [0, 0.05) is 11.5 Å². The highest BCUT2D eigenvalue weighted by Gasteiger charge is 2.50. The number of aliphatic hydroxyl groups is 1. The lowest BCUT2D eigenvalue weighted by molar-refractivity contribution is -0.0496. The summed E-state index contributed by atoms with van der Waals surface area (Å²) in [4.78, 5) is 2.31. The highest BCUT2D eigenvalue weighted by atomic mass is 35.5. The molecular formula is C16H24ClNO2. The molecular weight excluding hydrogens is 274 g/mol. The van der Waals surface area contributed by atoms with E-state index in [1.54, 1.807) is 7.11 Å². The van der Waals surface area contributed by atoms with Gasteiger partial charge in [0.2, 0.25) is 0 Å². The number of benzene rings is 1. The van der Waals surface area contributed by atoms with Crippen LogP contribution in [-0.2, 0) is 11.8 Å². The third kappa shape index (κ3) is 2.03. The molecule has 0 spiro atoms. The Morgan fingerprint density at radius 1 is 1.45 bits per heavy atom. The van der Waals surface area contributed by atoms with Crippen LogP contribution in [0.5, 0.6) is 5.75 Å². The molecule has 2 bridgehead atoms. The maximum absolute atomic E-state index is 10.8. The van der Waals surface area contributed by atoms with Crippen molar-refractivity contribution >= 4 is 12.4 Å². The van der Waals surface area contributed by atoms with E-state index in [4.69, 9.17) is 4.74 Å². The summed E-state index contributed by atoms with van der Waals surface area (Å²) < 4.78 is 5.37. The summed E-state index contributed by atoms with van der Waals surface area (Å²) in [6.07, 6.45) is 2.69. The molecule has 1 aromatic rings. The van der Waals surface area contributed by atoms with Gasteiger partial charge in [0.05, 0.1) is 13.2 Å². The zero-order valence-electron chi connectivity index (χ0n) is 12.4. The van der Waals surface area contributed by atoms with Crippen LogP contribution in [-0.4, -0.2) is 42.9 Å². The second-order valence-electron chi connectivity index (χ2n) is 5.98. The molecule has 4 heteroatoms. The van der Waals surface area contributed by atoms with Crippen LogP contribution in [0.4, 0.5) is 0 Å². The number of nitrogens with zero attached hydrogens (tertiary/aromatic N) is 1. The van der Waals surface area contributed by atoms with Crippen molar-refractivity contribution in [1.29, 1.82) is 0 Å². The van der Waals surface area contributed by atoms with Crippen molar-refractivity contribution in [2.75, 3.05) is 20.7 Å². The number of likely N-dealkylation sites (tertiary alicyclic amines) is 1. The van der Waals surface area contributed by atoms with Crippen LogP contribution in [0, 0.1) is 0 Å². The van der Waals surface area contributed by atoms with E-state index < -0.39 is 0 Å². The molecule has 0 saturated carbocycles. The molecule has 2 aliphatic rings. The Hall–Kier alpha value is -0.770. The summed E-state index contributed by atoms with van der Waals surface area (Å²) in [6.45, 7) is 3.26. The van der Waals surface area contributed by atoms with Crippen LogP contribution in [0.25, 0.3) is 0 Å². The van der Waals surface area contributed by atoms with Crippen molar-refractivity contribution < 1.29 is 9.84 Å². The van der Waals surface area contributed by atoms with Crippen LogP contribution in [0.2, 0.25) is 0 Å². The quantitative estimate of drug-likeness (QED) is 0.910. The van der Waals surface area contributed by atoms with Gasteiger partial charge in [-0.15, -0.1) is 12.4 Å². The Kier molecular flexibility index (Phi) is 4.33. The Morgan fingerprint density at radius 3 is 2.85 bits per heavy atom. The van der Waals surface area contributed by atoms with E-state index in [-0.39, 0.29) is 30.0 Å². The molecule has 3 rings (SSSR count). The van der Waals surface area contributed by atoms with Crippen molar-refractivity contribution in [2.45, 2.75) is 43.7 Å². The van der Waals surface area contributed by atoms with E-state index in [1.807, 2.05) is 6.07 Å². The summed E-state index contributed by atoms with van der Waals surface area (Å²) >= 11 is 0. The number of hydrogen-bond donors (Lipinski definition) is 1. The molecule has 20 heavy (non-hydrogen) atoms. The monoisotopic (exact) mass is 297 g/mol. The first kappa shape index (κ1) is 15.6. The van der Waals surface area contributed by atoms with E-state index in [0.717, 1.165) is 31.6 Å². The largest absolute Gasteiger partial charge is 0.497 e. The third-order valence-electron chi connectivity index (χ3n) is 5.32. The van der Waals surface area contributed by atoms with Crippen molar-refractivity contribution in [3.63, 3.8) is 0 Å². The average molecular weight is 298 g/mol. The Labute approximate surface area is 127 Å². The lowest BCUT2D eigenvalue weighted by Gasteiger charge is -2.53. The van der Waals surface area contributed by atoms with Gasteiger partial charge < -0.3 is 14.7 Å². The summed E-state index contributed by atoms with van der Waals surface area (Å²) in [7, 11) is 3.83. The molecule has 1 saturated heterocycles. The van der Waals surface area contributed by atoms with Crippen LogP contribution < -0.4 is 4.74 Å². The predicted octanol–water partition coefficient (Wildman–Crippen LogP) is 2.39. The lowest BCUT2D eigenvalue weighted by Crippen LogP contribution is -2.62. The first-order valence-corrected chi connectivity index (χ1v) is 7.18. The highest BCUT2D eigenvalue weighted by Crippen LogP contribution is 2.47. The van der Waals surface area contributed by atoms with E-state index in [9.17, 15) is 5.11 Å². The minimum Gasteiger partial charge on any atom is -0.497 e. The molecule has 1 fully saturated rings. The van der Waals surface area contributed by atoms with E-state index >= 15 is 0 Å². The smallest absolute Gasteiger partial charge is 0.119 e. The van der Waals surface area contributed by atoms with Gasteiger partial charge in [0.25, 0.3) is 0 Å². The molecule has 3 nitrogen and oxygen atoms in total. The van der Waals surface area contributed by atoms with Gasteiger partial charge >= 0.3 is 0 Å². The van der Waals surface area contributed by atoms with Gasteiger partial charge in [-0.25, -0.2) is 0 Å². The fourth-order valence-electron chi connectivity index (χ4n) is 3.99. The summed E-state index contributed by atoms with van der Waals surface area (Å²) in [5, 5.41) is 10.8. The van der Waals surface area contributed by atoms with Crippen LogP contribution in [0.3, 0.4) is 0 Å². The number of aliphatic hydroxyl groups excluding tert-OH is 1. The second kappa shape index (κ2) is 5.55. The van der Waals surface area contributed by atoms with Crippen LogP contribution >= 0.6 is 12.4 Å². The Bertz CT molecular complexity index is 493. The molecule has 112 valence electrons. The minimum absolute atomic E-state index is 0. The fourth-order valence-corrected chi connectivity index (χ4v) is 3.99. The summed E-state index contributed by atoms with van der Waals surface area (Å²) in [5.74, 6) is 0.899. The van der Waals surface area contributed by atoms with Crippen molar-refractivity contribution in [1.82, 2.24) is 4.90 Å². The van der Waals surface area contributed by atoms with Gasteiger partial charge in [0.1, 0.15) is 5.75 Å².